The predicted octanol–water partition coefficient (Wildman–Crippen LogP) is 2.07. The molecule has 0 saturated carbocycles. The average molecular weight is 320 g/mol. The first-order valence-electron chi connectivity index (χ1n) is 5.81. The van der Waals surface area contributed by atoms with Crippen molar-refractivity contribution < 1.29 is 4.79 Å². The van der Waals surface area contributed by atoms with Crippen molar-refractivity contribution in [3.8, 4) is 6.07 Å². The normalized spacial score (nSPS) is 9.76. The number of nitrogens with zero attached hydrogens (tertiary/aromatic N) is 3. The molecular weight excluding hydrogens is 310 g/mol. The second kappa shape index (κ2) is 6.35. The maximum Gasteiger partial charge on any atom is 0.257 e. The van der Waals surface area contributed by atoms with Crippen LogP contribution in [-0.2, 0) is 7.05 Å². The van der Waals surface area contributed by atoms with Crippen molar-refractivity contribution in [2.45, 2.75) is 0 Å². The summed E-state index contributed by atoms with van der Waals surface area (Å²) in [6, 6.07) is 8.38. The molecule has 1 aromatic heterocycles. The number of rotatable bonds is 2. The van der Waals surface area contributed by atoms with E-state index in [4.69, 9.17) is 29.1 Å². The molecule has 0 aliphatic heterocycles. The van der Waals surface area contributed by atoms with Crippen LogP contribution in [0.1, 0.15) is 15.9 Å². The van der Waals surface area contributed by atoms with Crippen molar-refractivity contribution in [2.75, 3.05) is 5.32 Å². The quantitative estimate of drug-likeness (QED) is 0.828. The first-order chi connectivity index (χ1) is 10.0. The number of aryl methyl sites for hydroxylation is 1. The number of hydrogen-bond donors (Lipinski definition) is 2. The zero-order valence-electron chi connectivity index (χ0n) is 10.9. The standard InChI is InChI=1S/C13H10ClN5OS/c1-19-11(9(6-15)7-16-19)17-13(21)18-12(20)8-2-4-10(14)5-3-8/h2-5,7H,1H3,(H2,17,18,20,21). The van der Waals surface area contributed by atoms with Crippen LogP contribution < -0.4 is 10.6 Å². The van der Waals surface area contributed by atoms with E-state index < -0.39 is 0 Å². The Labute approximate surface area is 131 Å². The van der Waals surface area contributed by atoms with Gasteiger partial charge in [0.05, 0.1) is 6.20 Å². The van der Waals surface area contributed by atoms with Crippen molar-refractivity contribution in [1.29, 1.82) is 5.26 Å². The van der Waals surface area contributed by atoms with Crippen molar-refractivity contribution in [3.05, 3.63) is 46.6 Å². The largest absolute Gasteiger partial charge is 0.316 e. The molecule has 0 aliphatic rings. The monoisotopic (exact) mass is 319 g/mol. The topological polar surface area (TPSA) is 82.7 Å². The number of carbonyl (C=O) groups is 1. The number of nitriles is 1. The van der Waals surface area contributed by atoms with Gasteiger partial charge in [0.25, 0.3) is 5.91 Å². The summed E-state index contributed by atoms with van der Waals surface area (Å²) < 4.78 is 1.46. The van der Waals surface area contributed by atoms with E-state index in [2.05, 4.69) is 15.7 Å². The third-order valence-electron chi connectivity index (χ3n) is 2.62. The Balaban J connectivity index is 2.05. The first-order valence-corrected chi connectivity index (χ1v) is 6.60. The van der Waals surface area contributed by atoms with E-state index in [1.807, 2.05) is 6.07 Å². The van der Waals surface area contributed by atoms with E-state index >= 15 is 0 Å². The van der Waals surface area contributed by atoms with Gasteiger partial charge in [-0.3, -0.25) is 14.8 Å². The van der Waals surface area contributed by atoms with Gasteiger partial charge in [-0.1, -0.05) is 11.6 Å². The van der Waals surface area contributed by atoms with Gasteiger partial charge < -0.3 is 5.32 Å². The minimum Gasteiger partial charge on any atom is -0.316 e. The molecule has 6 nitrogen and oxygen atoms in total. The Hall–Kier alpha value is -2.43. The van der Waals surface area contributed by atoms with Crippen LogP contribution in [0.3, 0.4) is 0 Å². The number of aromatic nitrogens is 2. The van der Waals surface area contributed by atoms with E-state index in [1.165, 1.54) is 10.9 Å². The van der Waals surface area contributed by atoms with Gasteiger partial charge in [0, 0.05) is 17.6 Å². The van der Waals surface area contributed by atoms with Crippen LogP contribution in [-0.4, -0.2) is 20.8 Å². The van der Waals surface area contributed by atoms with E-state index in [1.54, 1.807) is 31.3 Å². The molecule has 0 bridgehead atoms. The zero-order valence-corrected chi connectivity index (χ0v) is 12.5. The van der Waals surface area contributed by atoms with Gasteiger partial charge in [0.1, 0.15) is 17.5 Å². The van der Waals surface area contributed by atoms with E-state index in [-0.39, 0.29) is 11.0 Å². The smallest absolute Gasteiger partial charge is 0.257 e. The number of thiocarbonyl (C=S) groups is 1. The molecule has 0 aliphatic carbocycles. The summed E-state index contributed by atoms with van der Waals surface area (Å²) in [7, 11) is 1.66. The highest BCUT2D eigenvalue weighted by atomic mass is 35.5. The molecule has 1 aromatic carbocycles. The van der Waals surface area contributed by atoms with Crippen LogP contribution in [0.2, 0.25) is 5.02 Å². The highest BCUT2D eigenvalue weighted by Gasteiger charge is 2.12. The van der Waals surface area contributed by atoms with Crippen molar-refractivity contribution >= 4 is 40.7 Å². The molecule has 0 unspecified atom stereocenters. The fourth-order valence-electron chi connectivity index (χ4n) is 1.58. The molecule has 0 radical (unpaired) electrons. The fourth-order valence-corrected chi connectivity index (χ4v) is 1.90. The third kappa shape index (κ3) is 3.56. The van der Waals surface area contributed by atoms with Gasteiger partial charge in [-0.25, -0.2) is 0 Å². The lowest BCUT2D eigenvalue weighted by molar-refractivity contribution is 0.0977. The summed E-state index contributed by atoms with van der Waals surface area (Å²) in [6.45, 7) is 0. The number of anilines is 1. The molecule has 1 heterocycles. The van der Waals surface area contributed by atoms with Crippen LogP contribution in [0.4, 0.5) is 5.82 Å². The Morgan fingerprint density at radius 2 is 2.10 bits per heavy atom. The Kier molecular flexibility index (Phi) is 4.52. The summed E-state index contributed by atoms with van der Waals surface area (Å²) in [5, 5.41) is 18.8. The van der Waals surface area contributed by atoms with Crippen molar-refractivity contribution in [2.24, 2.45) is 7.05 Å². The molecule has 0 atom stereocenters. The number of benzene rings is 1. The van der Waals surface area contributed by atoms with E-state index in [0.29, 0.717) is 22.0 Å². The SMILES string of the molecule is Cn1ncc(C#N)c1NC(=S)NC(=O)c1ccc(Cl)cc1. The predicted molar refractivity (Wildman–Crippen MR) is 83.1 cm³/mol. The number of hydrogen-bond acceptors (Lipinski definition) is 4. The Morgan fingerprint density at radius 3 is 2.71 bits per heavy atom. The lowest BCUT2D eigenvalue weighted by Gasteiger charge is -2.10. The van der Waals surface area contributed by atoms with Gasteiger partial charge >= 0.3 is 0 Å². The van der Waals surface area contributed by atoms with Crippen molar-refractivity contribution in [1.82, 2.24) is 15.1 Å². The summed E-state index contributed by atoms with van der Waals surface area (Å²) in [5.74, 6) is 0.0451. The molecule has 0 spiro atoms. The molecular formula is C13H10ClN5OS. The number of amides is 1. The maximum absolute atomic E-state index is 12.0. The second-order valence-electron chi connectivity index (χ2n) is 4.06. The molecule has 2 N–H and O–H groups in total. The Morgan fingerprint density at radius 1 is 1.43 bits per heavy atom. The van der Waals surface area contributed by atoms with Gasteiger partial charge in [-0.2, -0.15) is 10.4 Å². The summed E-state index contributed by atoms with van der Waals surface area (Å²) in [6.07, 6.45) is 1.41. The van der Waals surface area contributed by atoms with Crippen molar-refractivity contribution in [3.63, 3.8) is 0 Å². The molecule has 106 valence electrons. The lowest BCUT2D eigenvalue weighted by Crippen LogP contribution is -2.34. The Bertz CT molecular complexity index is 732. The molecule has 2 rings (SSSR count). The first kappa shape index (κ1) is 15.0. The zero-order chi connectivity index (χ0) is 15.4. The van der Waals surface area contributed by atoms with Crippen LogP contribution in [0.5, 0.6) is 0 Å². The van der Waals surface area contributed by atoms with Gasteiger partial charge in [0.2, 0.25) is 0 Å². The second-order valence-corrected chi connectivity index (χ2v) is 4.90. The maximum atomic E-state index is 12.0. The minimum atomic E-state index is -0.371. The highest BCUT2D eigenvalue weighted by molar-refractivity contribution is 7.80. The minimum absolute atomic E-state index is 0.0788. The summed E-state index contributed by atoms with van der Waals surface area (Å²) in [5.41, 5.74) is 0.759. The molecule has 8 heteroatoms. The summed E-state index contributed by atoms with van der Waals surface area (Å²) >= 11 is 10.8. The fraction of sp³-hybridized carbons (Fsp3) is 0.0769. The number of carbonyl (C=O) groups excluding carboxylic acids is 1. The van der Waals surface area contributed by atoms with E-state index in [0.717, 1.165) is 0 Å². The van der Waals surface area contributed by atoms with Crippen LogP contribution in [0, 0.1) is 11.3 Å². The molecule has 1 amide bonds. The molecule has 0 fully saturated rings. The lowest BCUT2D eigenvalue weighted by atomic mass is 10.2. The van der Waals surface area contributed by atoms with Crippen LogP contribution >= 0.6 is 23.8 Å². The third-order valence-corrected chi connectivity index (χ3v) is 3.08. The van der Waals surface area contributed by atoms with Gasteiger partial charge in [0.15, 0.2) is 5.11 Å². The van der Waals surface area contributed by atoms with E-state index in [9.17, 15) is 4.79 Å². The molecule has 21 heavy (non-hydrogen) atoms. The average Bonchev–Trinajstić information content (AvgIpc) is 2.80. The van der Waals surface area contributed by atoms with Crippen LogP contribution in [0.15, 0.2) is 30.5 Å². The number of halogens is 1. The van der Waals surface area contributed by atoms with Gasteiger partial charge in [-0.15, -0.1) is 0 Å². The highest BCUT2D eigenvalue weighted by Crippen LogP contribution is 2.12. The number of nitrogens with one attached hydrogen (secondary N) is 2. The molecule has 2 aromatic rings. The van der Waals surface area contributed by atoms with Crippen LogP contribution in [0.25, 0.3) is 0 Å². The van der Waals surface area contributed by atoms with Gasteiger partial charge in [-0.05, 0) is 36.5 Å². The molecule has 0 saturated heterocycles. The summed E-state index contributed by atoms with van der Waals surface area (Å²) in [4.78, 5) is 12.0.